The fraction of sp³-hybridized carbons (Fsp3) is 0.182. The molecule has 0 spiro atoms. The van der Waals surface area contributed by atoms with Gasteiger partial charge in [-0.2, -0.15) is 0 Å². The molecule has 1 aromatic carbocycles. The van der Waals surface area contributed by atoms with Crippen molar-refractivity contribution in [1.29, 1.82) is 0 Å². The molecule has 0 unspecified atom stereocenters. The van der Waals surface area contributed by atoms with E-state index in [-0.39, 0.29) is 4.47 Å². The Morgan fingerprint density at radius 1 is 1.38 bits per heavy atom. The standard InChI is InChI=1S/C11H10BrF2NO/c1-15(2)6-5-9(16)10-8(13)4-3-7(12)11(10)14/h3-6H,1-2H3/b6-5+. The zero-order valence-electron chi connectivity index (χ0n) is 8.80. The summed E-state index contributed by atoms with van der Waals surface area (Å²) >= 11 is 2.90. The number of rotatable bonds is 3. The van der Waals surface area contributed by atoms with E-state index in [0.717, 1.165) is 12.1 Å². The van der Waals surface area contributed by atoms with Gasteiger partial charge in [-0.15, -0.1) is 0 Å². The summed E-state index contributed by atoms with van der Waals surface area (Å²) in [4.78, 5) is 13.1. The Labute approximate surface area is 101 Å². The van der Waals surface area contributed by atoms with Crippen LogP contribution in [0.3, 0.4) is 0 Å². The number of benzene rings is 1. The van der Waals surface area contributed by atoms with Crippen molar-refractivity contribution in [2.75, 3.05) is 14.1 Å². The molecule has 86 valence electrons. The highest BCUT2D eigenvalue weighted by atomic mass is 79.9. The maximum Gasteiger partial charge on any atom is 0.193 e. The maximum atomic E-state index is 13.5. The first-order valence-electron chi connectivity index (χ1n) is 4.46. The Hall–Kier alpha value is -1.23. The molecule has 0 aromatic heterocycles. The Bertz CT molecular complexity index is 444. The quantitative estimate of drug-likeness (QED) is 0.484. The van der Waals surface area contributed by atoms with Crippen LogP contribution in [0.2, 0.25) is 0 Å². The van der Waals surface area contributed by atoms with E-state index < -0.39 is 23.0 Å². The van der Waals surface area contributed by atoms with Crippen molar-refractivity contribution in [3.63, 3.8) is 0 Å². The molecule has 0 fully saturated rings. The van der Waals surface area contributed by atoms with Crippen molar-refractivity contribution >= 4 is 21.7 Å². The molecule has 0 amide bonds. The zero-order valence-corrected chi connectivity index (χ0v) is 10.4. The Kier molecular flexibility index (Phi) is 4.18. The summed E-state index contributed by atoms with van der Waals surface area (Å²) in [6, 6.07) is 2.26. The highest BCUT2D eigenvalue weighted by Crippen LogP contribution is 2.22. The molecule has 0 aliphatic carbocycles. The lowest BCUT2D eigenvalue weighted by Crippen LogP contribution is -2.07. The lowest BCUT2D eigenvalue weighted by molar-refractivity contribution is 0.103. The van der Waals surface area contributed by atoms with Crippen LogP contribution in [0.15, 0.2) is 28.9 Å². The monoisotopic (exact) mass is 289 g/mol. The molecule has 5 heteroatoms. The van der Waals surface area contributed by atoms with Crippen LogP contribution in [-0.2, 0) is 0 Å². The lowest BCUT2D eigenvalue weighted by Gasteiger charge is -2.05. The Balaban J connectivity index is 3.13. The van der Waals surface area contributed by atoms with Crippen molar-refractivity contribution < 1.29 is 13.6 Å². The molecule has 0 saturated carbocycles. The fourth-order valence-corrected chi connectivity index (χ4v) is 1.38. The minimum atomic E-state index is -0.881. The second-order valence-corrected chi connectivity index (χ2v) is 4.22. The van der Waals surface area contributed by atoms with Crippen LogP contribution < -0.4 is 0 Å². The van der Waals surface area contributed by atoms with Gasteiger partial charge in [0.2, 0.25) is 0 Å². The van der Waals surface area contributed by atoms with Crippen LogP contribution in [-0.4, -0.2) is 24.8 Å². The summed E-state index contributed by atoms with van der Waals surface area (Å²) in [7, 11) is 3.41. The summed E-state index contributed by atoms with van der Waals surface area (Å²) in [5, 5.41) is 0. The third-order valence-electron chi connectivity index (χ3n) is 1.81. The van der Waals surface area contributed by atoms with Crippen LogP contribution in [0.1, 0.15) is 10.4 Å². The molecule has 16 heavy (non-hydrogen) atoms. The summed E-state index contributed by atoms with van der Waals surface area (Å²) in [6.45, 7) is 0. The molecule has 0 aliphatic rings. The van der Waals surface area contributed by atoms with Gasteiger partial charge in [0, 0.05) is 26.4 Å². The van der Waals surface area contributed by atoms with Gasteiger partial charge in [-0.3, -0.25) is 4.79 Å². The van der Waals surface area contributed by atoms with E-state index in [1.165, 1.54) is 12.3 Å². The van der Waals surface area contributed by atoms with E-state index in [1.807, 2.05) is 0 Å². The van der Waals surface area contributed by atoms with Gasteiger partial charge < -0.3 is 4.90 Å². The molecule has 2 nitrogen and oxygen atoms in total. The van der Waals surface area contributed by atoms with E-state index in [9.17, 15) is 13.6 Å². The van der Waals surface area contributed by atoms with Crippen LogP contribution in [0.5, 0.6) is 0 Å². The second-order valence-electron chi connectivity index (χ2n) is 3.36. The average molecular weight is 290 g/mol. The molecule has 0 N–H and O–H groups in total. The fourth-order valence-electron chi connectivity index (χ4n) is 1.05. The molecule has 1 aromatic rings. The molecule has 0 heterocycles. The van der Waals surface area contributed by atoms with E-state index in [4.69, 9.17) is 0 Å². The third kappa shape index (κ3) is 2.88. The van der Waals surface area contributed by atoms with Crippen LogP contribution >= 0.6 is 15.9 Å². The highest BCUT2D eigenvalue weighted by molar-refractivity contribution is 9.10. The Morgan fingerprint density at radius 2 is 2.00 bits per heavy atom. The Morgan fingerprint density at radius 3 is 2.56 bits per heavy atom. The topological polar surface area (TPSA) is 20.3 Å². The largest absolute Gasteiger partial charge is 0.383 e. The summed E-state index contributed by atoms with van der Waals surface area (Å²) in [5.74, 6) is -2.45. The first kappa shape index (κ1) is 12.8. The van der Waals surface area contributed by atoms with Crippen LogP contribution in [0.25, 0.3) is 0 Å². The molecule has 0 radical (unpaired) electrons. The van der Waals surface area contributed by atoms with E-state index >= 15 is 0 Å². The molecule has 1 rings (SSSR count). The van der Waals surface area contributed by atoms with Gasteiger partial charge in [-0.25, -0.2) is 8.78 Å². The van der Waals surface area contributed by atoms with Gasteiger partial charge in [0.05, 0.1) is 10.0 Å². The summed E-state index contributed by atoms with van der Waals surface area (Å²) in [5.41, 5.74) is -0.549. The maximum absolute atomic E-state index is 13.5. The van der Waals surface area contributed by atoms with E-state index in [1.54, 1.807) is 19.0 Å². The summed E-state index contributed by atoms with van der Waals surface area (Å²) < 4.78 is 26.8. The molecule has 0 saturated heterocycles. The minimum Gasteiger partial charge on any atom is -0.383 e. The third-order valence-corrected chi connectivity index (χ3v) is 2.43. The van der Waals surface area contributed by atoms with E-state index in [2.05, 4.69) is 15.9 Å². The number of halogens is 3. The smallest absolute Gasteiger partial charge is 0.193 e. The highest BCUT2D eigenvalue weighted by Gasteiger charge is 2.17. The van der Waals surface area contributed by atoms with Crippen molar-refractivity contribution in [1.82, 2.24) is 4.90 Å². The van der Waals surface area contributed by atoms with Gasteiger partial charge in [0.15, 0.2) is 11.6 Å². The number of carbonyl (C=O) groups excluding carboxylic acids is 1. The van der Waals surface area contributed by atoms with Crippen molar-refractivity contribution in [3.8, 4) is 0 Å². The predicted molar refractivity (Wildman–Crippen MR) is 61.2 cm³/mol. The molecule has 0 atom stereocenters. The summed E-state index contributed by atoms with van der Waals surface area (Å²) in [6.07, 6.45) is 2.55. The van der Waals surface area contributed by atoms with Crippen molar-refractivity contribution in [2.24, 2.45) is 0 Å². The minimum absolute atomic E-state index is 0.0653. The second kappa shape index (κ2) is 5.21. The van der Waals surface area contributed by atoms with Crippen LogP contribution in [0, 0.1) is 11.6 Å². The van der Waals surface area contributed by atoms with Crippen molar-refractivity contribution in [2.45, 2.75) is 0 Å². The molecule has 0 aliphatic heterocycles. The molecular weight excluding hydrogens is 280 g/mol. The molecular formula is C11H10BrF2NO. The number of carbonyl (C=O) groups is 1. The van der Waals surface area contributed by atoms with Crippen molar-refractivity contribution in [3.05, 3.63) is 46.1 Å². The normalized spacial score (nSPS) is 10.8. The van der Waals surface area contributed by atoms with Gasteiger partial charge in [-0.05, 0) is 28.1 Å². The van der Waals surface area contributed by atoms with E-state index in [0.29, 0.717) is 0 Å². The number of hydrogen-bond donors (Lipinski definition) is 0. The molecule has 0 bridgehead atoms. The van der Waals surface area contributed by atoms with Gasteiger partial charge >= 0.3 is 0 Å². The first-order chi connectivity index (χ1) is 7.43. The van der Waals surface area contributed by atoms with Gasteiger partial charge in [0.25, 0.3) is 0 Å². The average Bonchev–Trinajstić information content (AvgIpc) is 2.21. The number of hydrogen-bond acceptors (Lipinski definition) is 2. The number of allylic oxidation sites excluding steroid dienone is 1. The number of nitrogens with zero attached hydrogens (tertiary/aromatic N) is 1. The lowest BCUT2D eigenvalue weighted by atomic mass is 10.1. The first-order valence-corrected chi connectivity index (χ1v) is 5.25. The van der Waals surface area contributed by atoms with Crippen LogP contribution in [0.4, 0.5) is 8.78 Å². The van der Waals surface area contributed by atoms with Gasteiger partial charge in [-0.1, -0.05) is 0 Å². The zero-order chi connectivity index (χ0) is 12.3. The van der Waals surface area contributed by atoms with Gasteiger partial charge in [0.1, 0.15) is 5.82 Å². The SMILES string of the molecule is CN(C)/C=C/C(=O)c1c(F)ccc(Br)c1F. The predicted octanol–water partition coefficient (Wildman–Crippen LogP) is 2.99. The number of ketones is 1.